The van der Waals surface area contributed by atoms with Gasteiger partial charge in [0.25, 0.3) is 0 Å². The van der Waals surface area contributed by atoms with Crippen molar-refractivity contribution in [3.63, 3.8) is 0 Å². The third kappa shape index (κ3) is 9.52. The lowest BCUT2D eigenvalue weighted by molar-refractivity contribution is -0.135. The molecule has 0 aliphatic carbocycles. The first-order chi connectivity index (χ1) is 17.1. The SMILES string of the molecule is COC(=O)N1CCN(C(=O)Cc2ccc(Cl)c(Cl)c2)C(CN2CC=CCC2)C1.O=C(O)C=CC(=O)O. The van der Waals surface area contributed by atoms with Crippen LogP contribution in [-0.4, -0.2) is 101 Å². The molecule has 2 amide bonds. The van der Waals surface area contributed by atoms with Crippen LogP contribution in [0.15, 0.2) is 42.5 Å². The fourth-order valence-electron chi connectivity index (χ4n) is 3.86. The first-order valence-electron chi connectivity index (χ1n) is 11.2. The molecule has 1 unspecified atom stereocenters. The van der Waals surface area contributed by atoms with E-state index in [1.54, 1.807) is 17.0 Å². The molecule has 0 spiro atoms. The number of carbonyl (C=O) groups is 4. The van der Waals surface area contributed by atoms with Crippen molar-refractivity contribution in [2.45, 2.75) is 18.9 Å². The van der Waals surface area contributed by atoms with Crippen LogP contribution in [0.5, 0.6) is 0 Å². The summed E-state index contributed by atoms with van der Waals surface area (Å²) in [5, 5.41) is 16.5. The first kappa shape index (κ1) is 29.2. The third-order valence-corrected chi connectivity index (χ3v) is 6.29. The Morgan fingerprint density at radius 1 is 1.03 bits per heavy atom. The minimum atomic E-state index is -1.26. The molecule has 3 rings (SSSR count). The number of carboxylic acid groups (broad SMARTS) is 2. The van der Waals surface area contributed by atoms with Gasteiger partial charge in [-0.1, -0.05) is 41.4 Å². The van der Waals surface area contributed by atoms with E-state index in [1.165, 1.54) is 7.11 Å². The summed E-state index contributed by atoms with van der Waals surface area (Å²) in [6.07, 6.45) is 6.35. The minimum Gasteiger partial charge on any atom is -0.478 e. The number of hydrogen-bond acceptors (Lipinski definition) is 6. The number of aliphatic carboxylic acids is 2. The topological polar surface area (TPSA) is 128 Å². The van der Waals surface area contributed by atoms with Crippen LogP contribution in [0.1, 0.15) is 12.0 Å². The molecular formula is C24H29Cl2N3O7. The van der Waals surface area contributed by atoms with Gasteiger partial charge in [-0.15, -0.1) is 0 Å². The van der Waals surface area contributed by atoms with Crippen molar-refractivity contribution >= 4 is 47.1 Å². The monoisotopic (exact) mass is 541 g/mol. The second-order valence-corrected chi connectivity index (χ2v) is 8.93. The number of methoxy groups -OCH3 is 1. The molecule has 2 N–H and O–H groups in total. The van der Waals surface area contributed by atoms with Gasteiger partial charge in [-0.3, -0.25) is 9.69 Å². The highest BCUT2D eigenvalue weighted by molar-refractivity contribution is 6.42. The number of amides is 2. The Bertz CT molecular complexity index is 999. The Kier molecular flexibility index (Phi) is 11.7. The van der Waals surface area contributed by atoms with Crippen molar-refractivity contribution in [2.24, 2.45) is 0 Å². The van der Waals surface area contributed by atoms with Crippen molar-refractivity contribution in [2.75, 3.05) is 46.4 Å². The van der Waals surface area contributed by atoms with Crippen LogP contribution in [0.4, 0.5) is 4.79 Å². The molecule has 10 nitrogen and oxygen atoms in total. The van der Waals surface area contributed by atoms with Gasteiger partial charge < -0.3 is 24.7 Å². The first-order valence-corrected chi connectivity index (χ1v) is 11.9. The molecule has 12 heteroatoms. The van der Waals surface area contributed by atoms with E-state index in [2.05, 4.69) is 17.1 Å². The number of carboxylic acids is 2. The zero-order chi connectivity index (χ0) is 26.7. The van der Waals surface area contributed by atoms with Gasteiger partial charge >= 0.3 is 18.0 Å². The molecule has 196 valence electrons. The highest BCUT2D eigenvalue weighted by Crippen LogP contribution is 2.23. The number of benzene rings is 1. The molecule has 1 aromatic rings. The predicted molar refractivity (Wildman–Crippen MR) is 134 cm³/mol. The third-order valence-electron chi connectivity index (χ3n) is 5.55. The van der Waals surface area contributed by atoms with E-state index in [1.807, 2.05) is 11.0 Å². The van der Waals surface area contributed by atoms with Gasteiger partial charge in [0, 0.05) is 51.4 Å². The lowest BCUT2D eigenvalue weighted by atomic mass is 10.1. The van der Waals surface area contributed by atoms with Gasteiger partial charge in [-0.05, 0) is 24.1 Å². The minimum absolute atomic E-state index is 0.0282. The van der Waals surface area contributed by atoms with E-state index in [-0.39, 0.29) is 24.5 Å². The second kappa shape index (κ2) is 14.5. The Morgan fingerprint density at radius 3 is 2.28 bits per heavy atom. The molecule has 1 fully saturated rings. The molecular weight excluding hydrogens is 513 g/mol. The van der Waals surface area contributed by atoms with Crippen molar-refractivity contribution < 1.29 is 34.1 Å². The van der Waals surface area contributed by atoms with Crippen LogP contribution in [0, 0.1) is 0 Å². The Hall–Kier alpha value is -3.08. The highest BCUT2D eigenvalue weighted by Gasteiger charge is 2.34. The number of hydrogen-bond donors (Lipinski definition) is 2. The summed E-state index contributed by atoms with van der Waals surface area (Å²) in [6.45, 7) is 3.98. The number of piperazine rings is 1. The van der Waals surface area contributed by atoms with E-state index in [0.717, 1.165) is 31.6 Å². The molecule has 0 radical (unpaired) electrons. The summed E-state index contributed by atoms with van der Waals surface area (Å²) in [7, 11) is 1.38. The van der Waals surface area contributed by atoms with Crippen LogP contribution in [0.3, 0.4) is 0 Å². The summed E-state index contributed by atoms with van der Waals surface area (Å²) in [5.41, 5.74) is 0.828. The van der Waals surface area contributed by atoms with Crippen molar-refractivity contribution in [3.8, 4) is 0 Å². The smallest absolute Gasteiger partial charge is 0.409 e. The zero-order valence-corrected chi connectivity index (χ0v) is 21.3. The molecule has 1 saturated heterocycles. The fourth-order valence-corrected chi connectivity index (χ4v) is 4.18. The number of rotatable bonds is 6. The summed E-state index contributed by atoms with van der Waals surface area (Å²) in [5.74, 6) is -2.49. The highest BCUT2D eigenvalue weighted by atomic mass is 35.5. The van der Waals surface area contributed by atoms with Crippen LogP contribution < -0.4 is 0 Å². The number of ether oxygens (including phenoxy) is 1. The lowest BCUT2D eigenvalue weighted by Crippen LogP contribution is -2.60. The molecule has 1 atom stereocenters. The molecule has 36 heavy (non-hydrogen) atoms. The average Bonchev–Trinajstić information content (AvgIpc) is 2.85. The van der Waals surface area contributed by atoms with Gasteiger partial charge in [0.15, 0.2) is 0 Å². The molecule has 2 aliphatic heterocycles. The van der Waals surface area contributed by atoms with E-state index in [4.69, 9.17) is 38.2 Å². The number of carbonyl (C=O) groups excluding carboxylic acids is 2. The van der Waals surface area contributed by atoms with Crippen LogP contribution in [0.25, 0.3) is 0 Å². The average molecular weight is 542 g/mol. The molecule has 0 saturated carbocycles. The lowest BCUT2D eigenvalue weighted by Gasteiger charge is -2.43. The van der Waals surface area contributed by atoms with Gasteiger partial charge in [-0.25, -0.2) is 14.4 Å². The quantitative estimate of drug-likeness (QED) is 0.415. The van der Waals surface area contributed by atoms with Crippen molar-refractivity contribution in [1.29, 1.82) is 0 Å². The van der Waals surface area contributed by atoms with Crippen LogP contribution >= 0.6 is 23.2 Å². The van der Waals surface area contributed by atoms with E-state index >= 15 is 0 Å². The maximum Gasteiger partial charge on any atom is 0.409 e. The summed E-state index contributed by atoms with van der Waals surface area (Å²) in [4.78, 5) is 50.0. The standard InChI is InChI=1S/C20H25Cl2N3O3.C4H4O4/c1-28-20(27)24-9-10-25(16(14-24)13-23-7-3-2-4-8-23)19(26)12-15-5-6-17(21)18(22)11-15;5-3(6)1-2-4(7)8/h2-3,5-6,11,16H,4,7-10,12-14H2,1H3;1-2H,(H,5,6)(H,7,8). The summed E-state index contributed by atoms with van der Waals surface area (Å²) < 4.78 is 4.88. The van der Waals surface area contributed by atoms with Gasteiger partial charge in [-0.2, -0.15) is 0 Å². The molecule has 0 aromatic heterocycles. The summed E-state index contributed by atoms with van der Waals surface area (Å²) >= 11 is 12.1. The normalized spacial score (nSPS) is 17.9. The second-order valence-electron chi connectivity index (χ2n) is 8.11. The summed E-state index contributed by atoms with van der Waals surface area (Å²) in [6, 6.07) is 5.19. The largest absolute Gasteiger partial charge is 0.478 e. The molecule has 2 aliphatic rings. The fraction of sp³-hybridized carbons (Fsp3) is 0.417. The molecule has 1 aromatic carbocycles. The zero-order valence-electron chi connectivity index (χ0n) is 19.8. The van der Waals surface area contributed by atoms with Crippen LogP contribution in [-0.2, 0) is 25.5 Å². The van der Waals surface area contributed by atoms with Gasteiger partial charge in [0.2, 0.25) is 5.91 Å². The molecule has 0 bridgehead atoms. The maximum atomic E-state index is 13.0. The Labute approximate surface area is 219 Å². The van der Waals surface area contributed by atoms with Crippen molar-refractivity contribution in [3.05, 3.63) is 58.1 Å². The molecule has 2 heterocycles. The van der Waals surface area contributed by atoms with E-state index in [9.17, 15) is 19.2 Å². The van der Waals surface area contributed by atoms with Crippen LogP contribution in [0.2, 0.25) is 10.0 Å². The number of halogens is 2. The van der Waals surface area contributed by atoms with Gasteiger partial charge in [0.05, 0.1) is 29.6 Å². The van der Waals surface area contributed by atoms with Gasteiger partial charge in [0.1, 0.15) is 0 Å². The van der Waals surface area contributed by atoms with Crippen molar-refractivity contribution in [1.82, 2.24) is 14.7 Å². The number of nitrogens with zero attached hydrogens (tertiary/aromatic N) is 3. The van der Waals surface area contributed by atoms with E-state index in [0.29, 0.717) is 41.8 Å². The predicted octanol–water partition coefficient (Wildman–Crippen LogP) is 2.79. The Morgan fingerprint density at radius 2 is 1.72 bits per heavy atom. The van der Waals surface area contributed by atoms with E-state index < -0.39 is 11.9 Å². The Balaban J connectivity index is 0.000000493. The maximum absolute atomic E-state index is 13.0.